The summed E-state index contributed by atoms with van der Waals surface area (Å²) in [5.74, 6) is 0. The van der Waals surface area contributed by atoms with Crippen molar-refractivity contribution in [3.05, 3.63) is 47.6 Å². The number of carboxylic acid groups (broad SMARTS) is 2. The van der Waals surface area contributed by atoms with Gasteiger partial charge in [-0.2, -0.15) is 12.2 Å². The number of rotatable bonds is 2. The van der Waals surface area contributed by atoms with Crippen molar-refractivity contribution >= 4 is 12.9 Å². The monoisotopic (exact) mass is 282 g/mol. The van der Waals surface area contributed by atoms with Gasteiger partial charge in [-0.15, -0.1) is 12.8 Å². The van der Waals surface area contributed by atoms with Gasteiger partial charge in [-0.25, -0.2) is 23.3 Å². The van der Waals surface area contributed by atoms with E-state index >= 15 is 0 Å². The Morgan fingerprint density at radius 3 is 1.56 bits per heavy atom. The van der Waals surface area contributed by atoms with Crippen molar-refractivity contribution in [2.24, 2.45) is 0 Å². The van der Waals surface area contributed by atoms with E-state index in [0.717, 1.165) is 19.3 Å². The summed E-state index contributed by atoms with van der Waals surface area (Å²) in [4.78, 5) is 16.7. The van der Waals surface area contributed by atoms with Crippen LogP contribution >= 0.6 is 0 Å². The van der Waals surface area contributed by atoms with Crippen LogP contribution in [0.2, 0.25) is 0 Å². The van der Waals surface area contributed by atoms with Crippen LogP contribution in [0.4, 0.5) is 0 Å². The van der Waals surface area contributed by atoms with Crippen LogP contribution in [0.3, 0.4) is 0 Å². The molecule has 18 heavy (non-hydrogen) atoms. The normalized spacial score (nSPS) is 14.0. The van der Waals surface area contributed by atoms with Gasteiger partial charge in [0.25, 0.3) is 12.9 Å². The minimum absolute atomic E-state index is 0. The van der Waals surface area contributed by atoms with Gasteiger partial charge >= 0.3 is 21.7 Å². The van der Waals surface area contributed by atoms with Crippen LogP contribution < -0.4 is 0 Å². The van der Waals surface area contributed by atoms with Crippen molar-refractivity contribution in [2.75, 3.05) is 0 Å². The third kappa shape index (κ3) is 9.81. The zero-order valence-corrected chi connectivity index (χ0v) is 11.4. The topological polar surface area (TPSA) is 74.6 Å². The molecule has 0 heterocycles. The fourth-order valence-corrected chi connectivity index (χ4v) is 1.35. The van der Waals surface area contributed by atoms with E-state index in [-0.39, 0.29) is 34.7 Å². The van der Waals surface area contributed by atoms with Crippen molar-refractivity contribution < 1.29 is 41.5 Å². The van der Waals surface area contributed by atoms with E-state index < -0.39 is 0 Å². The molecule has 0 unspecified atom stereocenters. The first-order valence-electron chi connectivity index (χ1n) is 4.96. The average Bonchev–Trinajstić information content (AvgIpc) is 2.94. The van der Waals surface area contributed by atoms with E-state index in [1.54, 1.807) is 0 Å². The fourth-order valence-electron chi connectivity index (χ4n) is 1.35. The van der Waals surface area contributed by atoms with Crippen molar-refractivity contribution in [3.63, 3.8) is 0 Å². The van der Waals surface area contributed by atoms with Crippen LogP contribution in [0.5, 0.6) is 0 Å². The Bertz CT molecular complexity index is 320. The molecule has 0 fully saturated rings. The van der Waals surface area contributed by atoms with E-state index in [0.29, 0.717) is 0 Å². The molecular formula is C13H14O4Ti. The van der Waals surface area contributed by atoms with E-state index in [1.807, 2.05) is 0 Å². The van der Waals surface area contributed by atoms with Crippen LogP contribution in [0.1, 0.15) is 19.3 Å². The molecule has 94 valence electrons. The molecule has 2 N–H and O–H groups in total. The third-order valence-electron chi connectivity index (χ3n) is 1.91. The molecule has 0 aromatic carbocycles. The molecule has 2 aliphatic carbocycles. The SMILES string of the molecule is O=CO.O=CO.[C-]1=C(CC2=[C-]CC=C2)C=CC1.[Ti+2]. The Labute approximate surface area is 121 Å². The molecule has 0 atom stereocenters. The first-order chi connectivity index (χ1) is 8.28. The van der Waals surface area contributed by atoms with Gasteiger partial charge in [-0.1, -0.05) is 6.42 Å². The summed E-state index contributed by atoms with van der Waals surface area (Å²) in [5.41, 5.74) is 2.64. The molecule has 0 bridgehead atoms. The van der Waals surface area contributed by atoms with E-state index in [9.17, 15) is 0 Å². The summed E-state index contributed by atoms with van der Waals surface area (Å²) in [6.07, 6.45) is 18.2. The fraction of sp³-hybridized carbons (Fsp3) is 0.231. The van der Waals surface area contributed by atoms with Gasteiger partial charge in [0, 0.05) is 0 Å². The Hall–Kier alpha value is -1.39. The van der Waals surface area contributed by atoms with Crippen molar-refractivity contribution in [3.8, 4) is 0 Å². The van der Waals surface area contributed by atoms with Crippen LogP contribution in [0, 0.1) is 12.2 Å². The van der Waals surface area contributed by atoms with E-state index in [1.165, 1.54) is 11.1 Å². The maximum absolute atomic E-state index is 8.36. The Morgan fingerprint density at radius 2 is 1.33 bits per heavy atom. The van der Waals surface area contributed by atoms with E-state index in [4.69, 9.17) is 19.8 Å². The summed E-state index contributed by atoms with van der Waals surface area (Å²) in [6, 6.07) is 0. The van der Waals surface area contributed by atoms with Crippen molar-refractivity contribution in [2.45, 2.75) is 19.3 Å². The zero-order valence-electron chi connectivity index (χ0n) is 9.80. The second-order valence-electron chi connectivity index (χ2n) is 3.00. The van der Waals surface area contributed by atoms with Crippen molar-refractivity contribution in [1.82, 2.24) is 0 Å². The third-order valence-corrected chi connectivity index (χ3v) is 1.91. The molecule has 2 rings (SSSR count). The Morgan fingerprint density at radius 1 is 1.00 bits per heavy atom. The second kappa shape index (κ2) is 13.7. The summed E-state index contributed by atoms with van der Waals surface area (Å²) >= 11 is 0. The predicted molar refractivity (Wildman–Crippen MR) is 63.0 cm³/mol. The average molecular weight is 282 g/mol. The molecule has 0 aliphatic heterocycles. The zero-order chi connectivity index (χ0) is 12.9. The Kier molecular flexibility index (Phi) is 14.4. The molecule has 4 nitrogen and oxygen atoms in total. The van der Waals surface area contributed by atoms with Gasteiger partial charge in [0.05, 0.1) is 0 Å². The van der Waals surface area contributed by atoms with Gasteiger partial charge in [0.15, 0.2) is 0 Å². The first-order valence-corrected chi connectivity index (χ1v) is 4.96. The number of hydrogen-bond acceptors (Lipinski definition) is 2. The van der Waals surface area contributed by atoms with Gasteiger partial charge in [-0.3, -0.25) is 21.7 Å². The molecule has 0 aromatic heterocycles. The summed E-state index contributed by atoms with van der Waals surface area (Å²) < 4.78 is 0. The molecule has 0 aromatic rings. The maximum Gasteiger partial charge on any atom is 2.00 e. The first kappa shape index (κ1) is 19.0. The number of hydrogen-bond donors (Lipinski definition) is 2. The second-order valence-corrected chi connectivity index (χ2v) is 3.00. The molecular weight excluding hydrogens is 268 g/mol. The quantitative estimate of drug-likeness (QED) is 0.462. The van der Waals surface area contributed by atoms with Crippen LogP contribution in [0.25, 0.3) is 0 Å². The van der Waals surface area contributed by atoms with Crippen LogP contribution in [-0.2, 0) is 31.3 Å². The maximum atomic E-state index is 8.36. The number of allylic oxidation sites excluding steroid dienone is 8. The van der Waals surface area contributed by atoms with Crippen LogP contribution in [0.15, 0.2) is 35.5 Å². The molecule has 0 saturated carbocycles. The minimum Gasteiger partial charge on any atom is -0.483 e. The summed E-state index contributed by atoms with van der Waals surface area (Å²) in [5, 5.41) is 13.8. The molecule has 5 heteroatoms. The Balaban J connectivity index is 0. The van der Waals surface area contributed by atoms with Gasteiger partial charge in [0.1, 0.15) is 0 Å². The molecule has 0 spiro atoms. The molecule has 0 amide bonds. The largest absolute Gasteiger partial charge is 2.00 e. The van der Waals surface area contributed by atoms with Gasteiger partial charge < -0.3 is 10.2 Å². The van der Waals surface area contributed by atoms with Crippen molar-refractivity contribution in [1.29, 1.82) is 0 Å². The number of carbonyl (C=O) groups is 2. The summed E-state index contributed by atoms with van der Waals surface area (Å²) in [7, 11) is 0. The smallest absolute Gasteiger partial charge is 0.483 e. The summed E-state index contributed by atoms with van der Waals surface area (Å²) in [6.45, 7) is -0.500. The van der Waals surface area contributed by atoms with Gasteiger partial charge in [-0.05, 0) is 0 Å². The predicted octanol–water partition coefficient (Wildman–Crippen LogP) is 2.15. The van der Waals surface area contributed by atoms with E-state index in [2.05, 4.69) is 36.5 Å². The molecule has 0 saturated heterocycles. The van der Waals surface area contributed by atoms with Crippen LogP contribution in [-0.4, -0.2) is 23.2 Å². The van der Waals surface area contributed by atoms with Gasteiger partial charge in [0.2, 0.25) is 0 Å². The minimum atomic E-state index is -0.250. The molecule has 0 radical (unpaired) electrons. The standard InChI is InChI=1S/C11H10.2CH2O2.Ti/c1-2-6-10(5-1)9-11-7-3-4-8-11;2*2-1-3;/h1,3,5,7H,2,4,9H2;2*1H,(H,2,3);/q-2;;;+2. The molecule has 2 aliphatic rings.